The van der Waals surface area contributed by atoms with Gasteiger partial charge in [-0.05, 0) is 121 Å². The summed E-state index contributed by atoms with van der Waals surface area (Å²) in [4.78, 5) is 25.4. The molecule has 0 amide bonds. The van der Waals surface area contributed by atoms with E-state index in [2.05, 4.69) is 8.75 Å². The Labute approximate surface area is 354 Å². The third kappa shape index (κ3) is 10.7. The predicted molar refractivity (Wildman–Crippen MR) is 231 cm³/mol. The van der Waals surface area contributed by atoms with Crippen molar-refractivity contribution < 1.29 is 47.9 Å². The van der Waals surface area contributed by atoms with Gasteiger partial charge in [0, 0.05) is 28.0 Å². The van der Waals surface area contributed by atoms with Gasteiger partial charge in [-0.3, -0.25) is 4.79 Å². The van der Waals surface area contributed by atoms with E-state index in [0.29, 0.717) is 62.3 Å². The van der Waals surface area contributed by atoms with Crippen molar-refractivity contribution in [2.75, 3.05) is 20.5 Å². The number of aromatic nitrogens is 2. The summed E-state index contributed by atoms with van der Waals surface area (Å²) < 4.78 is 48.9. The molecule has 12 nitrogen and oxygen atoms in total. The molecule has 4 aromatic carbocycles. The van der Waals surface area contributed by atoms with Gasteiger partial charge in [0.25, 0.3) is 5.79 Å². The van der Waals surface area contributed by atoms with Crippen LogP contribution in [-0.4, -0.2) is 71.0 Å². The zero-order valence-electron chi connectivity index (χ0n) is 35.3. The maximum atomic E-state index is 13.5. The van der Waals surface area contributed by atoms with E-state index in [4.69, 9.17) is 33.2 Å². The molecule has 5 aromatic rings. The fourth-order valence-corrected chi connectivity index (χ4v) is 7.25. The summed E-state index contributed by atoms with van der Waals surface area (Å²) in [6.45, 7) is 15.4. The van der Waals surface area contributed by atoms with Crippen LogP contribution >= 0.6 is 23.5 Å². The Bertz CT molecular complexity index is 2280. The molecular weight excluding hydrogens is 793 g/mol. The van der Waals surface area contributed by atoms with E-state index in [9.17, 15) is 14.7 Å². The van der Waals surface area contributed by atoms with Crippen LogP contribution in [0.4, 0.5) is 0 Å². The van der Waals surface area contributed by atoms with Gasteiger partial charge in [-0.15, -0.1) is 11.8 Å². The van der Waals surface area contributed by atoms with E-state index in [1.54, 1.807) is 55.3 Å². The van der Waals surface area contributed by atoms with Gasteiger partial charge in [0.05, 0.1) is 55.9 Å². The summed E-state index contributed by atoms with van der Waals surface area (Å²) in [5.74, 6) is 0.454. The number of rotatable bonds is 16. The lowest BCUT2D eigenvalue weighted by Gasteiger charge is -2.26. The summed E-state index contributed by atoms with van der Waals surface area (Å²) in [5, 5.41) is 12.1. The Kier molecular flexibility index (Phi) is 14.9. The molecule has 1 aliphatic heterocycles. The Morgan fingerprint density at radius 2 is 1.25 bits per heavy atom. The lowest BCUT2D eigenvalue weighted by atomic mass is 9.88. The number of carbonyl (C=O) groups is 2. The molecule has 314 valence electrons. The van der Waals surface area contributed by atoms with Crippen LogP contribution in [0.3, 0.4) is 0 Å². The highest BCUT2D eigenvalue weighted by Crippen LogP contribution is 2.47. The van der Waals surface area contributed by atoms with Gasteiger partial charge in [0.2, 0.25) is 11.5 Å². The van der Waals surface area contributed by atoms with Crippen molar-refractivity contribution in [1.29, 1.82) is 0 Å². The highest BCUT2D eigenvalue weighted by molar-refractivity contribution is 7.98. The van der Waals surface area contributed by atoms with E-state index < -0.39 is 11.8 Å². The normalized spacial score (nSPS) is 15.1. The van der Waals surface area contributed by atoms with Crippen LogP contribution in [0.5, 0.6) is 34.5 Å². The third-order valence-electron chi connectivity index (χ3n) is 8.69. The number of thioether (sulfide) groups is 1. The van der Waals surface area contributed by atoms with Gasteiger partial charge in [-0.2, -0.15) is 8.75 Å². The molecule has 2 heterocycles. The number of hydrogen-bond donors (Lipinski definition) is 1. The molecular formula is C45H52N2O10S2. The number of methoxy groups -OCH3 is 2. The summed E-state index contributed by atoms with van der Waals surface area (Å²) in [6, 6.07) is 19.8. The van der Waals surface area contributed by atoms with Gasteiger partial charge >= 0.3 is 5.97 Å². The van der Waals surface area contributed by atoms with E-state index in [1.807, 2.05) is 92.0 Å². The number of fused-ring (bicyclic) bond motifs is 1. The average molecular weight is 845 g/mol. The topological polar surface area (TPSA) is 145 Å². The first-order valence-corrected chi connectivity index (χ1v) is 21.2. The first-order chi connectivity index (χ1) is 28.1. The fourth-order valence-electron chi connectivity index (χ4n) is 6.32. The molecule has 59 heavy (non-hydrogen) atoms. The van der Waals surface area contributed by atoms with Gasteiger partial charge < -0.3 is 38.3 Å². The van der Waals surface area contributed by atoms with Crippen molar-refractivity contribution in [3.05, 3.63) is 94.6 Å². The number of cyclic esters (lactones) is 1. The largest absolute Gasteiger partial charge is 0.493 e. The van der Waals surface area contributed by atoms with Crippen LogP contribution in [-0.2, 0) is 21.7 Å². The fraction of sp³-hybridized carbons (Fsp3) is 0.378. The minimum Gasteiger partial charge on any atom is -0.493 e. The number of carbonyl (C=O) groups excluding carboxylic acids is 2. The highest BCUT2D eigenvalue weighted by atomic mass is 32.2. The number of ether oxygens (including phenoxy) is 7. The van der Waals surface area contributed by atoms with Crippen molar-refractivity contribution in [3.8, 4) is 34.5 Å². The van der Waals surface area contributed by atoms with Crippen LogP contribution in [0.25, 0.3) is 16.6 Å². The standard InChI is InChI=1S/C31H32N2O6S2.C14H20O4/c1-17(2)37-27-15-19(14-26(36-5)29(27)38-18(3)4)13-23-28(20-7-12-24-25(16-20)33-41-32-24)30(34)39-31(23,35)21-8-10-22(40-6)11-9-21;1-9(2)17-13-7-11(8-15)6-12(16-5)14(13)18-10(3)4/h7-12,14-18,35H,13H2,1-6H3;6-10H,1-5H3. The lowest BCUT2D eigenvalue weighted by molar-refractivity contribution is -0.185. The molecule has 0 radical (unpaired) electrons. The second kappa shape index (κ2) is 19.6. The molecule has 6 rings (SSSR count). The van der Waals surface area contributed by atoms with Crippen LogP contribution in [0.2, 0.25) is 0 Å². The summed E-state index contributed by atoms with van der Waals surface area (Å²) in [7, 11) is 3.11. The van der Waals surface area contributed by atoms with Crippen LogP contribution in [0.15, 0.2) is 77.2 Å². The predicted octanol–water partition coefficient (Wildman–Crippen LogP) is 9.48. The first-order valence-electron chi connectivity index (χ1n) is 19.2. The quantitative estimate of drug-likeness (QED) is 0.0572. The minimum absolute atomic E-state index is 0.00417. The third-order valence-corrected chi connectivity index (χ3v) is 9.99. The summed E-state index contributed by atoms with van der Waals surface area (Å²) in [6.07, 6.45) is 2.66. The molecule has 0 spiro atoms. The number of nitrogens with zero attached hydrogens (tertiary/aromatic N) is 2. The molecule has 14 heteroatoms. The maximum absolute atomic E-state index is 13.5. The molecule has 1 N–H and O–H groups in total. The van der Waals surface area contributed by atoms with Crippen LogP contribution in [0, 0.1) is 0 Å². The van der Waals surface area contributed by atoms with Crippen LogP contribution < -0.4 is 28.4 Å². The number of benzene rings is 4. The zero-order valence-corrected chi connectivity index (χ0v) is 36.9. The Balaban J connectivity index is 0.000000309. The lowest BCUT2D eigenvalue weighted by Crippen LogP contribution is -2.29. The van der Waals surface area contributed by atoms with Gasteiger partial charge in [0.15, 0.2) is 23.0 Å². The Morgan fingerprint density at radius 3 is 1.80 bits per heavy atom. The second-order valence-electron chi connectivity index (χ2n) is 14.7. The van der Waals surface area contributed by atoms with E-state index in [1.165, 1.54) is 7.11 Å². The minimum atomic E-state index is -1.99. The molecule has 0 saturated heterocycles. The molecule has 0 saturated carbocycles. The van der Waals surface area contributed by atoms with E-state index in [0.717, 1.165) is 34.0 Å². The van der Waals surface area contributed by atoms with Crippen molar-refractivity contribution in [2.45, 2.75) is 96.9 Å². The number of aliphatic hydroxyl groups is 1. The second-order valence-corrected chi connectivity index (χ2v) is 16.1. The number of hydrogen-bond acceptors (Lipinski definition) is 14. The molecule has 1 aliphatic rings. The average Bonchev–Trinajstić information content (AvgIpc) is 3.76. The van der Waals surface area contributed by atoms with Crippen molar-refractivity contribution in [2.24, 2.45) is 0 Å². The maximum Gasteiger partial charge on any atom is 0.342 e. The molecule has 1 unspecified atom stereocenters. The molecule has 0 aliphatic carbocycles. The molecule has 1 atom stereocenters. The zero-order chi connectivity index (χ0) is 43.0. The van der Waals surface area contributed by atoms with Crippen LogP contribution in [0.1, 0.15) is 82.4 Å². The van der Waals surface area contributed by atoms with E-state index in [-0.39, 0.29) is 36.4 Å². The van der Waals surface area contributed by atoms with Crippen molar-refractivity contribution >= 4 is 52.4 Å². The monoisotopic (exact) mass is 844 g/mol. The Hall–Kier alpha value is -5.31. The molecule has 0 bridgehead atoms. The Morgan fingerprint density at radius 1 is 0.729 bits per heavy atom. The SMILES string of the molecule is COc1cc(C=O)cc(OC(C)C)c1OC(C)C.COc1cc(CC2=C(c3ccc4nsnc4c3)C(=O)OC2(O)c2ccc(SC)cc2)cc(OC(C)C)c1OC(C)C. The van der Waals surface area contributed by atoms with Gasteiger partial charge in [-0.25, -0.2) is 4.79 Å². The first kappa shape index (κ1) is 44.8. The van der Waals surface area contributed by atoms with Crippen molar-refractivity contribution in [1.82, 2.24) is 8.75 Å². The van der Waals surface area contributed by atoms with Gasteiger partial charge in [-0.1, -0.05) is 18.2 Å². The number of aldehydes is 1. The van der Waals surface area contributed by atoms with Crippen molar-refractivity contribution in [3.63, 3.8) is 0 Å². The molecule has 1 aromatic heterocycles. The summed E-state index contributed by atoms with van der Waals surface area (Å²) in [5.41, 5.74) is 4.37. The van der Waals surface area contributed by atoms with Gasteiger partial charge in [0.1, 0.15) is 17.3 Å². The highest BCUT2D eigenvalue weighted by Gasteiger charge is 2.48. The number of esters is 1. The summed E-state index contributed by atoms with van der Waals surface area (Å²) >= 11 is 2.69. The van der Waals surface area contributed by atoms with E-state index >= 15 is 0 Å². The smallest absolute Gasteiger partial charge is 0.342 e. The molecule has 0 fully saturated rings.